The van der Waals surface area contributed by atoms with Gasteiger partial charge in [0.05, 0.1) is 0 Å². The van der Waals surface area contributed by atoms with Crippen molar-refractivity contribution in [3.05, 3.63) is 23.8 Å². The van der Waals surface area contributed by atoms with Gasteiger partial charge in [-0.05, 0) is 19.8 Å². The van der Waals surface area contributed by atoms with Crippen molar-refractivity contribution in [1.82, 2.24) is 0 Å². The summed E-state index contributed by atoms with van der Waals surface area (Å²) in [5.74, 6) is 0. The van der Waals surface area contributed by atoms with Crippen molar-refractivity contribution in [3.63, 3.8) is 0 Å². The summed E-state index contributed by atoms with van der Waals surface area (Å²) in [7, 11) is 0. The van der Waals surface area contributed by atoms with Gasteiger partial charge in [-0.3, -0.25) is 0 Å². The molecule has 14 heavy (non-hydrogen) atoms. The predicted octanol–water partition coefficient (Wildman–Crippen LogP) is 1.46. The molecule has 0 saturated heterocycles. The third-order valence-electron chi connectivity index (χ3n) is 1.50. The second-order valence-corrected chi connectivity index (χ2v) is 5.53. The summed E-state index contributed by atoms with van der Waals surface area (Å²) in [6.45, 7) is 2.17. The molecule has 0 saturated carbocycles. The fourth-order valence-corrected chi connectivity index (χ4v) is 1.07. The van der Waals surface area contributed by atoms with Crippen molar-refractivity contribution >= 4 is 14.6 Å². The topological polar surface area (TPSA) is 51.2 Å². The van der Waals surface area contributed by atoms with Crippen molar-refractivity contribution in [2.24, 2.45) is 0 Å². The van der Waals surface area contributed by atoms with Crippen LogP contribution >= 0.6 is 0 Å². The molecule has 79 valence electrons. The first-order valence-electron chi connectivity index (χ1n) is 4.02. The van der Waals surface area contributed by atoms with E-state index in [1.807, 2.05) is 0 Å². The Labute approximate surface area is 88.8 Å². The van der Waals surface area contributed by atoms with Crippen LogP contribution < -0.4 is 0 Å². The third-order valence-corrected chi connectivity index (χ3v) is 2.92. The Morgan fingerprint density at radius 3 is 1.86 bits per heavy atom. The Balaban J connectivity index is 0.000000241. The Hall–Kier alpha value is -0.887. The van der Waals surface area contributed by atoms with Crippen LogP contribution in [-0.4, -0.2) is 14.6 Å². The molecule has 1 aliphatic rings. The van der Waals surface area contributed by atoms with E-state index in [-0.39, 0.29) is 0 Å². The molecule has 0 heterocycles. The standard InChI is InChI=1S/C7H10.3CHO.Ru/c1-7-5-3-2-4-6-7;3*1-2;/h2-3,6H,4-5H2,1H3;3*1H;. The van der Waals surface area contributed by atoms with Crippen LogP contribution in [0.1, 0.15) is 19.8 Å². The average Bonchev–Trinajstić information content (AvgIpc) is 2.22. The number of allylic oxidation sites excluding steroid dienone is 4. The molecule has 0 atom stereocenters. The molecule has 0 N–H and O–H groups in total. The van der Waals surface area contributed by atoms with Crippen molar-refractivity contribution in [2.75, 3.05) is 0 Å². The summed E-state index contributed by atoms with van der Waals surface area (Å²) in [5.41, 5.74) is 1.50. The second kappa shape index (κ2) is 8.70. The van der Waals surface area contributed by atoms with E-state index in [2.05, 4.69) is 25.2 Å². The molecule has 0 unspecified atom stereocenters. The van der Waals surface area contributed by atoms with Gasteiger partial charge in [-0.15, -0.1) is 0 Å². The monoisotopic (exact) mass is 283 g/mol. The molecule has 4 heteroatoms. The van der Waals surface area contributed by atoms with E-state index >= 15 is 0 Å². The van der Waals surface area contributed by atoms with E-state index < -0.39 is 16.0 Å². The maximum atomic E-state index is 9.57. The minimum absolute atomic E-state index is 0.435. The van der Waals surface area contributed by atoms with Crippen LogP contribution in [-0.2, 0) is 30.3 Å². The summed E-state index contributed by atoms with van der Waals surface area (Å²) in [6.07, 6.45) is 8.99. The van der Waals surface area contributed by atoms with Crippen molar-refractivity contribution in [2.45, 2.75) is 19.8 Å². The van der Waals surface area contributed by atoms with Crippen molar-refractivity contribution in [3.8, 4) is 0 Å². The van der Waals surface area contributed by atoms with E-state index in [9.17, 15) is 14.4 Å². The Bertz CT molecular complexity index is 237. The molecule has 0 aromatic carbocycles. The van der Waals surface area contributed by atoms with E-state index in [4.69, 9.17) is 0 Å². The van der Waals surface area contributed by atoms with Crippen molar-refractivity contribution < 1.29 is 30.3 Å². The van der Waals surface area contributed by atoms with Gasteiger partial charge < -0.3 is 0 Å². The van der Waals surface area contributed by atoms with Gasteiger partial charge in [-0.25, -0.2) is 0 Å². The second-order valence-electron chi connectivity index (χ2n) is 2.57. The van der Waals surface area contributed by atoms with E-state index in [1.165, 1.54) is 12.0 Å². The van der Waals surface area contributed by atoms with Crippen LogP contribution in [0.25, 0.3) is 0 Å². The fraction of sp³-hybridized carbons (Fsp3) is 0.300. The van der Waals surface area contributed by atoms with Gasteiger partial charge in [0.15, 0.2) is 0 Å². The number of hydrogen-bond donors (Lipinski definition) is 0. The van der Waals surface area contributed by atoms with Crippen molar-refractivity contribution in [1.29, 1.82) is 0 Å². The van der Waals surface area contributed by atoms with E-state index in [0.717, 1.165) is 6.42 Å². The zero-order chi connectivity index (χ0) is 10.8. The summed E-state index contributed by atoms with van der Waals surface area (Å²) in [4.78, 5) is 30.0. The number of carbonyl (C=O) groups excluding carboxylic acids is 3. The predicted molar refractivity (Wildman–Crippen MR) is 52.4 cm³/mol. The minimum atomic E-state index is -2.25. The first-order chi connectivity index (χ1) is 6.74. The fourth-order valence-electron chi connectivity index (χ4n) is 0.777. The maximum absolute atomic E-state index is 9.57. The molecular weight excluding hydrogens is 269 g/mol. The molecule has 0 aliphatic heterocycles. The SMILES string of the molecule is CC1=CCC=CC1.O=[CH][Ru]([CH]=O)[CH]=O. The van der Waals surface area contributed by atoms with Crippen LogP contribution in [0, 0.1) is 0 Å². The quantitative estimate of drug-likeness (QED) is 0.447. The van der Waals surface area contributed by atoms with Crippen LogP contribution in [0.4, 0.5) is 0 Å². The zero-order valence-electron chi connectivity index (χ0n) is 7.96. The molecule has 0 amide bonds. The van der Waals surface area contributed by atoms with Gasteiger partial charge in [0.25, 0.3) is 0 Å². The molecule has 1 rings (SSSR count). The molecule has 0 aromatic rings. The van der Waals surface area contributed by atoms with Crippen LogP contribution in [0.5, 0.6) is 0 Å². The molecule has 0 fully saturated rings. The van der Waals surface area contributed by atoms with Gasteiger partial charge in [0.2, 0.25) is 0 Å². The Morgan fingerprint density at radius 2 is 1.71 bits per heavy atom. The summed E-state index contributed by atoms with van der Waals surface area (Å²) in [6, 6.07) is 0. The first-order valence-corrected chi connectivity index (χ1v) is 7.03. The Kier molecular flexibility index (Phi) is 8.15. The van der Waals surface area contributed by atoms with Crippen LogP contribution in [0.2, 0.25) is 0 Å². The molecule has 3 nitrogen and oxygen atoms in total. The van der Waals surface area contributed by atoms with Gasteiger partial charge in [0.1, 0.15) is 0 Å². The molecular formula is C10H13O3Ru. The normalized spacial score (nSPS) is 14.4. The van der Waals surface area contributed by atoms with Gasteiger partial charge >= 0.3 is 45.0 Å². The average molecular weight is 282 g/mol. The zero-order valence-corrected chi connectivity index (χ0v) is 9.69. The van der Waals surface area contributed by atoms with Gasteiger partial charge in [-0.2, -0.15) is 0 Å². The molecule has 0 bridgehead atoms. The van der Waals surface area contributed by atoms with Gasteiger partial charge in [-0.1, -0.05) is 23.8 Å². The first kappa shape index (κ1) is 13.1. The van der Waals surface area contributed by atoms with Crippen LogP contribution in [0.15, 0.2) is 23.8 Å². The molecule has 0 radical (unpaired) electrons. The van der Waals surface area contributed by atoms with E-state index in [0.29, 0.717) is 14.6 Å². The third kappa shape index (κ3) is 6.61. The Morgan fingerprint density at radius 1 is 1.14 bits per heavy atom. The summed E-state index contributed by atoms with van der Waals surface area (Å²) in [5, 5.41) is 0. The number of hydrogen-bond acceptors (Lipinski definition) is 3. The molecule has 0 aromatic heterocycles. The number of carbonyl (C=O) groups is 3. The van der Waals surface area contributed by atoms with Crippen LogP contribution in [0.3, 0.4) is 0 Å². The summed E-state index contributed by atoms with van der Waals surface area (Å²) < 4.78 is 0. The molecule has 0 spiro atoms. The summed E-state index contributed by atoms with van der Waals surface area (Å²) >= 11 is -2.25. The number of rotatable bonds is 3. The van der Waals surface area contributed by atoms with Gasteiger partial charge in [0, 0.05) is 0 Å². The molecule has 1 aliphatic carbocycles. The van der Waals surface area contributed by atoms with E-state index in [1.54, 1.807) is 0 Å².